The summed E-state index contributed by atoms with van der Waals surface area (Å²) in [6.07, 6.45) is 1.64. The van der Waals surface area contributed by atoms with Crippen molar-refractivity contribution in [3.63, 3.8) is 0 Å². The molecule has 1 N–H and O–H groups in total. The van der Waals surface area contributed by atoms with E-state index in [1.165, 1.54) is 12.1 Å². The van der Waals surface area contributed by atoms with Crippen molar-refractivity contribution in [1.29, 1.82) is 0 Å². The summed E-state index contributed by atoms with van der Waals surface area (Å²) < 4.78 is 5.35. The van der Waals surface area contributed by atoms with E-state index in [1.807, 2.05) is 0 Å². The first-order valence-corrected chi connectivity index (χ1v) is 7.44. The Morgan fingerprint density at radius 1 is 1.20 bits per heavy atom. The van der Waals surface area contributed by atoms with Crippen molar-refractivity contribution in [3.05, 3.63) is 82.4 Å². The Morgan fingerprint density at radius 2 is 1.80 bits per heavy atom. The van der Waals surface area contributed by atoms with E-state index >= 15 is 0 Å². The summed E-state index contributed by atoms with van der Waals surface area (Å²) in [5, 5.41) is 14.7. The lowest BCUT2D eigenvalue weighted by molar-refractivity contribution is -0.384. The van der Waals surface area contributed by atoms with E-state index in [9.17, 15) is 14.9 Å². The summed E-state index contributed by atoms with van der Waals surface area (Å²) >= 11 is 0. The van der Waals surface area contributed by atoms with Gasteiger partial charge in [0.2, 0.25) is 0 Å². The summed E-state index contributed by atoms with van der Waals surface area (Å²) in [4.78, 5) is 22.3. The maximum Gasteiger partial charge on any atom is 0.271 e. The van der Waals surface area contributed by atoms with E-state index in [2.05, 4.69) is 17.1 Å². The molecule has 128 valence electrons. The van der Waals surface area contributed by atoms with Crippen molar-refractivity contribution < 1.29 is 14.5 Å². The van der Waals surface area contributed by atoms with Gasteiger partial charge in [-0.25, -0.2) is 5.43 Å². The summed E-state index contributed by atoms with van der Waals surface area (Å²) in [5.41, 5.74) is 4.11. The highest BCUT2D eigenvalue weighted by atomic mass is 16.6. The molecule has 0 aliphatic rings. The van der Waals surface area contributed by atoms with Gasteiger partial charge in [-0.05, 0) is 48.9 Å². The molecular weight excluding hydrogens is 322 g/mol. The van der Waals surface area contributed by atoms with Crippen molar-refractivity contribution in [2.75, 3.05) is 6.61 Å². The van der Waals surface area contributed by atoms with Crippen molar-refractivity contribution in [2.45, 2.75) is 6.92 Å². The number of hydrogen-bond donors (Lipinski definition) is 1. The van der Waals surface area contributed by atoms with E-state index in [4.69, 9.17) is 4.74 Å². The highest BCUT2D eigenvalue weighted by Gasteiger charge is 2.07. The Labute approximate surface area is 144 Å². The molecule has 0 radical (unpaired) electrons. The van der Waals surface area contributed by atoms with Gasteiger partial charge in [0.1, 0.15) is 12.4 Å². The van der Waals surface area contributed by atoms with Gasteiger partial charge in [0.05, 0.1) is 10.6 Å². The van der Waals surface area contributed by atoms with Crippen molar-refractivity contribution >= 4 is 17.3 Å². The molecule has 0 bridgehead atoms. The number of nitro groups is 1. The summed E-state index contributed by atoms with van der Waals surface area (Å²) in [7, 11) is 0. The molecule has 7 heteroatoms. The molecule has 0 saturated heterocycles. The zero-order chi connectivity index (χ0) is 18.2. The number of nitrogens with zero attached hydrogens (tertiary/aromatic N) is 2. The lowest BCUT2D eigenvalue weighted by Crippen LogP contribution is -2.19. The number of carbonyl (C=O) groups excluding carboxylic acids is 1. The number of non-ortho nitro benzene ring substituents is 1. The molecule has 2 rings (SSSR count). The first-order valence-electron chi connectivity index (χ1n) is 7.44. The number of nitrogens with one attached hydrogen (secondary N) is 1. The van der Waals surface area contributed by atoms with Gasteiger partial charge in [-0.3, -0.25) is 14.9 Å². The Hall–Kier alpha value is -3.48. The average Bonchev–Trinajstić information content (AvgIpc) is 2.64. The van der Waals surface area contributed by atoms with Gasteiger partial charge in [0, 0.05) is 17.7 Å². The van der Waals surface area contributed by atoms with Crippen LogP contribution in [-0.4, -0.2) is 23.1 Å². The molecule has 0 aromatic heterocycles. The molecule has 0 saturated carbocycles. The smallest absolute Gasteiger partial charge is 0.271 e. The average molecular weight is 339 g/mol. The molecule has 0 unspecified atom stereocenters. The quantitative estimate of drug-likeness (QED) is 0.362. The van der Waals surface area contributed by atoms with Crippen LogP contribution in [0.1, 0.15) is 22.8 Å². The number of rotatable bonds is 7. The van der Waals surface area contributed by atoms with E-state index in [-0.39, 0.29) is 11.6 Å². The normalized spacial score (nSPS) is 10.8. The molecule has 2 aromatic carbocycles. The molecule has 0 aliphatic carbocycles. The molecular formula is C18H17N3O4. The van der Waals surface area contributed by atoms with Crippen LogP contribution >= 0.6 is 0 Å². The van der Waals surface area contributed by atoms with E-state index < -0.39 is 4.92 Å². The fourth-order valence-corrected chi connectivity index (χ4v) is 1.95. The highest BCUT2D eigenvalue weighted by Crippen LogP contribution is 2.13. The number of nitro benzene ring substituents is 1. The van der Waals surface area contributed by atoms with Crippen LogP contribution in [0, 0.1) is 10.1 Å². The van der Waals surface area contributed by atoms with Crippen LogP contribution in [-0.2, 0) is 0 Å². The number of ether oxygens (including phenoxy) is 1. The maximum absolute atomic E-state index is 12.1. The van der Waals surface area contributed by atoms with Crippen LogP contribution in [0.5, 0.6) is 5.75 Å². The molecule has 0 atom stereocenters. The summed E-state index contributed by atoms with van der Waals surface area (Å²) in [6.45, 7) is 5.66. The van der Waals surface area contributed by atoms with Gasteiger partial charge in [-0.1, -0.05) is 12.7 Å². The molecule has 2 aromatic rings. The van der Waals surface area contributed by atoms with Gasteiger partial charge >= 0.3 is 0 Å². The zero-order valence-corrected chi connectivity index (χ0v) is 13.6. The van der Waals surface area contributed by atoms with Crippen molar-refractivity contribution in [2.24, 2.45) is 5.10 Å². The molecule has 0 heterocycles. The van der Waals surface area contributed by atoms with Crippen molar-refractivity contribution in [1.82, 2.24) is 5.43 Å². The van der Waals surface area contributed by atoms with Crippen molar-refractivity contribution in [3.8, 4) is 5.75 Å². The fraction of sp³-hybridized carbons (Fsp3) is 0.111. The van der Waals surface area contributed by atoms with Gasteiger partial charge in [-0.15, -0.1) is 0 Å². The minimum absolute atomic E-state index is 0.000603. The second kappa shape index (κ2) is 8.39. The Balaban J connectivity index is 2.00. The lowest BCUT2D eigenvalue weighted by Gasteiger charge is -2.05. The van der Waals surface area contributed by atoms with Crippen LogP contribution in [0.2, 0.25) is 0 Å². The van der Waals surface area contributed by atoms with E-state index in [0.717, 1.165) is 0 Å². The monoisotopic (exact) mass is 339 g/mol. The predicted octanol–water partition coefficient (Wildman–Crippen LogP) is 3.31. The zero-order valence-electron chi connectivity index (χ0n) is 13.6. The Bertz CT molecular complexity index is 796. The van der Waals surface area contributed by atoms with E-state index in [1.54, 1.807) is 49.4 Å². The molecule has 25 heavy (non-hydrogen) atoms. The molecule has 7 nitrogen and oxygen atoms in total. The largest absolute Gasteiger partial charge is 0.490 e. The molecule has 0 fully saturated rings. The molecule has 0 aliphatic heterocycles. The number of hydrogen-bond acceptors (Lipinski definition) is 5. The maximum atomic E-state index is 12.1. The minimum Gasteiger partial charge on any atom is -0.490 e. The first kappa shape index (κ1) is 17.9. The van der Waals surface area contributed by atoms with Crippen LogP contribution in [0.25, 0.3) is 0 Å². The van der Waals surface area contributed by atoms with Crippen LogP contribution in [0.15, 0.2) is 66.3 Å². The molecule has 0 spiro atoms. The first-order chi connectivity index (χ1) is 12.0. The highest BCUT2D eigenvalue weighted by molar-refractivity contribution is 6.01. The van der Waals surface area contributed by atoms with Crippen LogP contribution < -0.4 is 10.2 Å². The Morgan fingerprint density at radius 3 is 2.36 bits per heavy atom. The predicted molar refractivity (Wildman–Crippen MR) is 94.9 cm³/mol. The Kier molecular flexibility index (Phi) is 6.00. The third kappa shape index (κ3) is 5.00. The summed E-state index contributed by atoms with van der Waals surface area (Å²) in [6, 6.07) is 12.6. The molecule has 1 amide bonds. The van der Waals surface area contributed by atoms with Gasteiger partial charge in [0.25, 0.3) is 11.6 Å². The van der Waals surface area contributed by atoms with Gasteiger partial charge in [-0.2, -0.15) is 5.10 Å². The number of hydrazone groups is 1. The third-order valence-corrected chi connectivity index (χ3v) is 3.31. The second-order valence-electron chi connectivity index (χ2n) is 5.07. The SMILES string of the molecule is C=CCOc1ccc(C(=O)N/N=C(/C)c2ccc([N+](=O)[O-])cc2)cc1. The number of carbonyl (C=O) groups is 1. The number of amides is 1. The fourth-order valence-electron chi connectivity index (χ4n) is 1.95. The second-order valence-corrected chi connectivity index (χ2v) is 5.07. The standard InChI is InChI=1S/C18H17N3O4/c1-3-12-25-17-10-6-15(7-11-17)18(22)20-19-13(2)14-4-8-16(9-5-14)21(23)24/h3-11H,1,12H2,2H3,(H,20,22)/b19-13-. The third-order valence-electron chi connectivity index (χ3n) is 3.31. The topological polar surface area (TPSA) is 93.8 Å². The van der Waals surface area contributed by atoms with Gasteiger partial charge < -0.3 is 4.74 Å². The van der Waals surface area contributed by atoms with E-state index in [0.29, 0.717) is 29.2 Å². The summed E-state index contributed by atoms with van der Waals surface area (Å²) in [5.74, 6) is 0.276. The van der Waals surface area contributed by atoms with Crippen LogP contribution in [0.3, 0.4) is 0 Å². The number of benzene rings is 2. The minimum atomic E-state index is -0.472. The lowest BCUT2D eigenvalue weighted by atomic mass is 10.1. The van der Waals surface area contributed by atoms with Crippen LogP contribution in [0.4, 0.5) is 5.69 Å². The van der Waals surface area contributed by atoms with Gasteiger partial charge in [0.15, 0.2) is 0 Å².